The van der Waals surface area contributed by atoms with Crippen molar-refractivity contribution in [3.8, 4) is 0 Å². The smallest absolute Gasteiger partial charge is 0.550 e. The zero-order valence-electron chi connectivity index (χ0n) is 33.3. The predicted molar refractivity (Wildman–Crippen MR) is 211 cm³/mol. The van der Waals surface area contributed by atoms with Crippen LogP contribution in [-0.2, 0) is 43.1 Å². The van der Waals surface area contributed by atoms with Crippen LogP contribution in [0.1, 0.15) is 104 Å². The minimum Gasteiger partial charge on any atom is -0.550 e. The number of ether oxygens (including phenoxy) is 3. The number of carbonyl (C=O) groups excluding carboxylic acids is 5. The van der Waals surface area contributed by atoms with Crippen LogP contribution in [0.3, 0.4) is 0 Å². The van der Waals surface area contributed by atoms with Crippen molar-refractivity contribution >= 4 is 38.1 Å². The summed E-state index contributed by atoms with van der Waals surface area (Å²) in [6.45, 7) is 12.7. The molecule has 0 bridgehead atoms. The molecule has 15 heteroatoms. The Balaban J connectivity index is -0.000000147. The maximum Gasteiger partial charge on any atom is 1.00 e. The van der Waals surface area contributed by atoms with E-state index >= 15 is 0 Å². The Kier molecular flexibility index (Phi) is 44.0. The molecular weight excluding hydrogens is 718 g/mol. The van der Waals surface area contributed by atoms with Crippen LogP contribution >= 0.6 is 0 Å². The zero-order chi connectivity index (χ0) is 39.4. The third-order valence-electron chi connectivity index (χ3n) is 5.94. The number of hydrogen-bond donors (Lipinski definition) is 4. The number of carboxylic acid groups (broad SMARTS) is 1. The number of aliphatic hydroxyl groups excluding tert-OH is 2. The fourth-order valence-corrected chi connectivity index (χ4v) is 3.96. The first kappa shape index (κ1) is 63.1. The Morgan fingerprint density at radius 3 is 1.11 bits per heavy atom. The Hall–Kier alpha value is -3.89. The quantitative estimate of drug-likeness (QED) is 0.115. The second-order valence-electron chi connectivity index (χ2n) is 10.9. The number of hydrogen-bond acceptors (Lipinski definition) is 13. The van der Waals surface area contributed by atoms with Gasteiger partial charge in [0, 0.05) is 34.0 Å². The van der Waals surface area contributed by atoms with Gasteiger partial charge in [-0.15, -0.1) is 0 Å². The molecule has 0 aromatic heterocycles. The topological polar surface area (TPSA) is 238 Å². The summed E-state index contributed by atoms with van der Waals surface area (Å²) in [5, 5.41) is 25.1. The van der Waals surface area contributed by atoms with Crippen molar-refractivity contribution in [1.82, 2.24) is 6.15 Å². The molecule has 55 heavy (non-hydrogen) atoms. The van der Waals surface area contributed by atoms with Gasteiger partial charge in [-0.25, -0.2) is 14.4 Å². The molecular formula is C40H61BN2NaO11. The third-order valence-corrected chi connectivity index (χ3v) is 5.94. The molecule has 0 aliphatic rings. The molecule has 0 aliphatic heterocycles. The molecule has 0 fully saturated rings. The molecule has 3 radical (unpaired) electrons. The van der Waals surface area contributed by atoms with Crippen molar-refractivity contribution in [1.29, 1.82) is 0 Å². The summed E-state index contributed by atoms with van der Waals surface area (Å²) in [6.07, 6.45) is 1.47. The number of carboxylic acids is 1. The molecule has 3 rings (SSSR count). The van der Waals surface area contributed by atoms with Crippen LogP contribution in [0, 0.1) is 0 Å². The molecule has 13 nitrogen and oxygen atoms in total. The van der Waals surface area contributed by atoms with E-state index in [0.717, 1.165) is 37.1 Å². The van der Waals surface area contributed by atoms with Crippen LogP contribution in [0.5, 0.6) is 0 Å². The van der Waals surface area contributed by atoms with Crippen molar-refractivity contribution in [2.45, 2.75) is 87.3 Å². The van der Waals surface area contributed by atoms with Gasteiger partial charge >= 0.3 is 47.5 Å². The van der Waals surface area contributed by atoms with Gasteiger partial charge < -0.3 is 46.2 Å². The van der Waals surface area contributed by atoms with Crippen molar-refractivity contribution in [2.75, 3.05) is 26.9 Å². The summed E-state index contributed by atoms with van der Waals surface area (Å²) in [4.78, 5) is 53.7. The maximum absolute atomic E-state index is 11.3. The van der Waals surface area contributed by atoms with Crippen molar-refractivity contribution in [3.05, 3.63) is 106 Å². The van der Waals surface area contributed by atoms with Gasteiger partial charge in [-0.1, -0.05) is 43.8 Å². The van der Waals surface area contributed by atoms with E-state index in [0.29, 0.717) is 49.4 Å². The summed E-state index contributed by atoms with van der Waals surface area (Å²) in [7, 11) is 1.00. The normalized spacial score (nSPS) is 9.87. The summed E-state index contributed by atoms with van der Waals surface area (Å²) in [5.74, 6) is -1.88. The number of aliphatic hydroxyl groups is 2. The fraction of sp³-hybridized carbons (Fsp3) is 0.425. The SMILES string of the molecule is C.CC(=O)[O-].CCOC(=O)c1ccc(CC(C)=O)cc1.CCOC(=O)c1ccc(CC(C)N)cc1.CCOC(=O)c1ccc(CC(C)O)cc1.CO.N.[B].[Na+]. The molecule has 0 heterocycles. The molecule has 0 aliphatic carbocycles. The molecule has 2 unspecified atom stereocenters. The van der Waals surface area contributed by atoms with Gasteiger partial charge in [0.05, 0.1) is 42.6 Å². The van der Waals surface area contributed by atoms with Crippen LogP contribution in [0.2, 0.25) is 0 Å². The van der Waals surface area contributed by atoms with Crippen LogP contribution < -0.4 is 46.5 Å². The summed E-state index contributed by atoms with van der Waals surface area (Å²) >= 11 is 0. The number of nitrogens with two attached hydrogens (primary N) is 1. The first-order valence-corrected chi connectivity index (χ1v) is 16.5. The van der Waals surface area contributed by atoms with E-state index in [4.69, 9.17) is 35.0 Å². The standard InChI is InChI=1S/C12H17NO2.C12H16O3.C12H14O3.C2H4O2.CH4O.CH4.B.H3N.Na/c3*1-3-15-12(14)11-6-4-10(5-7-11)8-9(2)13;1-2(3)4;1-2;;;;/h4-7,9H,3,8,13H2,1-2H3;4-7,9,13H,3,8H2,1-2H3;4-7H,3,8H2,1-2H3;1H3,(H,3,4);2H,1H3;1H4;;1H3;/q;;;;;;;;+1/p-1. The molecule has 2 atom stereocenters. The molecule has 0 saturated heterocycles. The minimum absolute atomic E-state index is 0. The van der Waals surface area contributed by atoms with Gasteiger partial charge in [-0.05, 0) is 114 Å². The van der Waals surface area contributed by atoms with E-state index in [1.165, 1.54) is 0 Å². The van der Waals surface area contributed by atoms with E-state index in [2.05, 4.69) is 0 Å². The Labute approximate surface area is 351 Å². The number of carbonyl (C=O) groups is 5. The number of rotatable bonds is 12. The number of ketones is 1. The Morgan fingerprint density at radius 2 is 0.891 bits per heavy atom. The molecule has 7 N–H and O–H groups in total. The summed E-state index contributed by atoms with van der Waals surface area (Å²) in [5.41, 5.74) is 10.4. The fourth-order valence-electron chi connectivity index (χ4n) is 3.96. The average Bonchev–Trinajstić information content (AvgIpc) is 3.06. The third kappa shape index (κ3) is 33.2. The Bertz CT molecular complexity index is 1370. The number of benzene rings is 3. The van der Waals surface area contributed by atoms with Crippen molar-refractivity contribution in [2.24, 2.45) is 5.73 Å². The largest absolute Gasteiger partial charge is 1.00 e. The minimum atomic E-state index is -1.08. The van der Waals surface area contributed by atoms with Crippen molar-refractivity contribution in [3.63, 3.8) is 0 Å². The number of aliphatic carboxylic acids is 1. The molecule has 0 spiro atoms. The molecule has 0 saturated carbocycles. The van der Waals surface area contributed by atoms with E-state index in [1.807, 2.05) is 31.2 Å². The van der Waals surface area contributed by atoms with Crippen LogP contribution in [-0.4, -0.2) is 87.4 Å². The van der Waals surface area contributed by atoms with E-state index in [9.17, 15) is 24.3 Å². The number of Topliss-reactive ketones (excluding diaryl/α,β-unsaturated/α-hetero) is 1. The second-order valence-corrected chi connectivity index (χ2v) is 10.9. The molecule has 3 aromatic carbocycles. The van der Waals surface area contributed by atoms with Crippen LogP contribution in [0.25, 0.3) is 0 Å². The van der Waals surface area contributed by atoms with Crippen LogP contribution in [0.15, 0.2) is 72.8 Å². The molecule has 0 amide bonds. The van der Waals surface area contributed by atoms with Gasteiger partial charge in [0.15, 0.2) is 0 Å². The monoisotopic (exact) mass is 779 g/mol. The average molecular weight is 780 g/mol. The van der Waals surface area contributed by atoms with Gasteiger partial charge in [0.2, 0.25) is 0 Å². The van der Waals surface area contributed by atoms with Gasteiger partial charge in [0.25, 0.3) is 0 Å². The van der Waals surface area contributed by atoms with Crippen LogP contribution in [0.4, 0.5) is 0 Å². The van der Waals surface area contributed by atoms with E-state index < -0.39 is 5.97 Å². The van der Waals surface area contributed by atoms with Gasteiger partial charge in [-0.2, -0.15) is 0 Å². The summed E-state index contributed by atoms with van der Waals surface area (Å²) < 4.78 is 14.6. The van der Waals surface area contributed by atoms with E-state index in [-0.39, 0.29) is 87.4 Å². The Morgan fingerprint density at radius 1 is 0.636 bits per heavy atom. The van der Waals surface area contributed by atoms with E-state index in [1.54, 1.807) is 83.1 Å². The van der Waals surface area contributed by atoms with Crippen molar-refractivity contribution < 1.29 is 83.1 Å². The first-order valence-electron chi connectivity index (χ1n) is 16.5. The first-order chi connectivity index (χ1) is 24.1. The van der Waals surface area contributed by atoms with Gasteiger partial charge in [-0.3, -0.25) is 4.79 Å². The predicted octanol–water partition coefficient (Wildman–Crippen LogP) is 1.32. The maximum atomic E-state index is 11.3. The zero-order valence-corrected chi connectivity index (χ0v) is 35.3. The second kappa shape index (κ2) is 38.4. The summed E-state index contributed by atoms with van der Waals surface area (Å²) in [6, 6.07) is 21.5. The number of esters is 3. The molecule has 3 aromatic rings. The van der Waals surface area contributed by atoms with Gasteiger partial charge in [0.1, 0.15) is 5.78 Å². The molecule has 301 valence electrons.